The van der Waals surface area contributed by atoms with Gasteiger partial charge in [0.1, 0.15) is 17.3 Å². The van der Waals surface area contributed by atoms with E-state index in [0.29, 0.717) is 38.7 Å². The molecule has 3 aromatic carbocycles. The van der Waals surface area contributed by atoms with Crippen LogP contribution in [0.5, 0.6) is 0 Å². The highest BCUT2D eigenvalue weighted by atomic mass is 35.5. The maximum absolute atomic E-state index is 14.1. The quantitative estimate of drug-likeness (QED) is 0.137. The number of benzene rings is 3. The topological polar surface area (TPSA) is 112 Å². The van der Waals surface area contributed by atoms with E-state index in [1.807, 2.05) is 18.4 Å². The number of hydrogen-bond donors (Lipinski definition) is 4. The largest absolute Gasteiger partial charge is 0.481 e. The van der Waals surface area contributed by atoms with Crippen LogP contribution in [0.25, 0.3) is 22.3 Å². The lowest BCUT2D eigenvalue weighted by atomic mass is 9.92. The van der Waals surface area contributed by atoms with Gasteiger partial charge in [-0.15, -0.1) is 0 Å². The van der Waals surface area contributed by atoms with Crippen molar-refractivity contribution < 1.29 is 33.7 Å². The predicted molar refractivity (Wildman–Crippen MR) is 162 cm³/mol. The number of nitrogens with zero attached hydrogens (tertiary/aromatic N) is 1. The smallest absolute Gasteiger partial charge is 0.305 e. The maximum Gasteiger partial charge on any atom is 0.305 e. The van der Waals surface area contributed by atoms with Crippen molar-refractivity contribution in [3.05, 3.63) is 101 Å². The summed E-state index contributed by atoms with van der Waals surface area (Å²) in [6.45, 7) is 3.80. The summed E-state index contributed by atoms with van der Waals surface area (Å²) in [6, 6.07) is 18.0. The van der Waals surface area contributed by atoms with E-state index in [2.05, 4.69) is 5.32 Å². The Hall–Kier alpha value is -4.05. The van der Waals surface area contributed by atoms with Gasteiger partial charge in [0, 0.05) is 33.6 Å². The van der Waals surface area contributed by atoms with Crippen molar-refractivity contribution in [2.24, 2.45) is 0 Å². The van der Waals surface area contributed by atoms with Crippen LogP contribution in [0.15, 0.2) is 72.8 Å². The molecule has 226 valence electrons. The van der Waals surface area contributed by atoms with E-state index >= 15 is 0 Å². The lowest BCUT2D eigenvalue weighted by Gasteiger charge is -2.20. The summed E-state index contributed by atoms with van der Waals surface area (Å²) >= 11 is 6.16. The molecule has 0 fully saturated rings. The highest BCUT2D eigenvalue weighted by molar-refractivity contribution is 6.31. The first-order chi connectivity index (χ1) is 20.4. The van der Waals surface area contributed by atoms with E-state index in [-0.39, 0.29) is 31.0 Å². The van der Waals surface area contributed by atoms with E-state index in [1.54, 1.807) is 48.5 Å². The molecule has 0 aliphatic carbocycles. The van der Waals surface area contributed by atoms with Gasteiger partial charge in [0.15, 0.2) is 0 Å². The second-order valence-electron chi connectivity index (χ2n) is 10.7. The molecule has 7 nitrogen and oxygen atoms in total. The lowest BCUT2D eigenvalue weighted by molar-refractivity contribution is -0.139. The minimum atomic E-state index is -1.23. The summed E-state index contributed by atoms with van der Waals surface area (Å²) < 4.78 is 29.9. The number of aliphatic hydroxyl groups excluding tert-OH is 2. The van der Waals surface area contributed by atoms with Crippen molar-refractivity contribution in [1.82, 2.24) is 4.57 Å². The van der Waals surface area contributed by atoms with E-state index in [1.165, 1.54) is 24.3 Å². The third-order valence-electron chi connectivity index (χ3n) is 7.06. The number of carboxylic acid groups (broad SMARTS) is 1. The number of halogens is 3. The molecule has 1 amide bonds. The zero-order valence-corrected chi connectivity index (χ0v) is 24.5. The van der Waals surface area contributed by atoms with Crippen molar-refractivity contribution in [2.45, 2.75) is 57.8 Å². The van der Waals surface area contributed by atoms with Gasteiger partial charge >= 0.3 is 5.97 Å². The Morgan fingerprint density at radius 3 is 2.00 bits per heavy atom. The molecule has 1 heterocycles. The van der Waals surface area contributed by atoms with E-state index in [4.69, 9.17) is 16.7 Å². The van der Waals surface area contributed by atoms with Crippen LogP contribution in [0.1, 0.15) is 55.3 Å². The fourth-order valence-electron chi connectivity index (χ4n) is 5.28. The Kier molecular flexibility index (Phi) is 10.3. The van der Waals surface area contributed by atoms with Gasteiger partial charge < -0.3 is 25.2 Å². The number of aliphatic carboxylic acids is 1. The fraction of sp³-hybridized carbons (Fsp3) is 0.273. The number of aromatic nitrogens is 1. The summed E-state index contributed by atoms with van der Waals surface area (Å²) in [6.07, 6.45) is -2.54. The Balaban J connectivity index is 1.92. The first kappa shape index (κ1) is 31.9. The number of carboxylic acids is 1. The molecule has 2 atom stereocenters. The first-order valence-electron chi connectivity index (χ1n) is 13.9. The van der Waals surface area contributed by atoms with Gasteiger partial charge in [-0.3, -0.25) is 9.59 Å². The highest BCUT2D eigenvalue weighted by Crippen LogP contribution is 2.43. The Labute approximate surface area is 253 Å². The zero-order chi connectivity index (χ0) is 31.3. The molecule has 0 spiro atoms. The van der Waals surface area contributed by atoms with Gasteiger partial charge in [-0.25, -0.2) is 8.78 Å². The lowest BCUT2D eigenvalue weighted by Crippen LogP contribution is -2.22. The molecule has 4 aromatic rings. The third kappa shape index (κ3) is 7.87. The van der Waals surface area contributed by atoms with Crippen molar-refractivity contribution in [2.75, 3.05) is 5.32 Å². The van der Waals surface area contributed by atoms with Crippen molar-refractivity contribution in [3.63, 3.8) is 0 Å². The van der Waals surface area contributed by atoms with Crippen molar-refractivity contribution in [3.8, 4) is 22.3 Å². The first-order valence-corrected chi connectivity index (χ1v) is 14.3. The molecule has 0 unspecified atom stereocenters. The number of rotatable bonds is 12. The number of nitrogens with one attached hydrogen (secondary N) is 1. The number of amides is 1. The molecule has 0 aliphatic rings. The van der Waals surface area contributed by atoms with Gasteiger partial charge in [0.2, 0.25) is 0 Å². The minimum absolute atomic E-state index is 0.139. The molecule has 0 saturated heterocycles. The fourth-order valence-corrected chi connectivity index (χ4v) is 5.47. The molecular weight excluding hydrogens is 578 g/mol. The molecule has 0 bridgehead atoms. The number of carbonyl (C=O) groups is 2. The van der Waals surface area contributed by atoms with Gasteiger partial charge in [-0.05, 0) is 86.7 Å². The number of anilines is 1. The number of hydrogen-bond acceptors (Lipinski definition) is 4. The molecule has 0 radical (unpaired) electrons. The van der Waals surface area contributed by atoms with Gasteiger partial charge in [0.05, 0.1) is 18.6 Å². The summed E-state index contributed by atoms with van der Waals surface area (Å²) in [5, 5.41) is 33.1. The van der Waals surface area contributed by atoms with Gasteiger partial charge in [-0.1, -0.05) is 41.9 Å². The average Bonchev–Trinajstić information content (AvgIpc) is 3.28. The van der Waals surface area contributed by atoms with Crippen LogP contribution in [0, 0.1) is 11.6 Å². The van der Waals surface area contributed by atoms with E-state index in [0.717, 1.165) is 0 Å². The van der Waals surface area contributed by atoms with Gasteiger partial charge in [0.25, 0.3) is 5.91 Å². The molecule has 0 saturated carbocycles. The second-order valence-corrected chi connectivity index (χ2v) is 11.1. The molecule has 4 rings (SSSR count). The van der Waals surface area contributed by atoms with Crippen LogP contribution in [0.4, 0.5) is 14.5 Å². The van der Waals surface area contributed by atoms with Crippen molar-refractivity contribution >= 4 is 29.2 Å². The van der Waals surface area contributed by atoms with Crippen LogP contribution >= 0.6 is 11.6 Å². The molecular formula is C33H33ClF2N2O5. The average molecular weight is 611 g/mol. The molecule has 4 N–H and O–H groups in total. The summed E-state index contributed by atoms with van der Waals surface area (Å²) in [4.78, 5) is 25.1. The van der Waals surface area contributed by atoms with Crippen LogP contribution < -0.4 is 5.32 Å². The van der Waals surface area contributed by atoms with E-state index in [9.17, 15) is 28.6 Å². The van der Waals surface area contributed by atoms with Crippen LogP contribution in [0.3, 0.4) is 0 Å². The molecule has 0 aliphatic heterocycles. The Bertz CT molecular complexity index is 1590. The number of carbonyl (C=O) groups excluding carboxylic acids is 1. The SMILES string of the molecule is CC(C)n1c(CC[C@@H](O)C[C@@H](O)CC(=O)O)c(-c2ccc(F)cc2)c(-c2ccc(F)cc2)c1C(=O)Nc1cccc(Cl)c1. The maximum atomic E-state index is 14.1. The molecule has 43 heavy (non-hydrogen) atoms. The predicted octanol–water partition coefficient (Wildman–Crippen LogP) is 7.11. The number of aliphatic hydroxyl groups is 2. The molecule has 1 aromatic heterocycles. The van der Waals surface area contributed by atoms with E-state index < -0.39 is 42.1 Å². The standard InChI is InChI=1S/C33H33ClF2N2O5/c1-19(2)38-28(15-14-26(39)17-27(40)18-29(41)42)30(20-6-10-23(35)11-7-20)31(21-8-12-24(36)13-9-21)32(38)33(43)37-25-5-3-4-22(34)16-25/h3-13,16,19,26-27,39-40H,14-15,17-18H2,1-2H3,(H,37,43)(H,41,42)/t26-,27-/m1/s1. The summed E-state index contributed by atoms with van der Waals surface area (Å²) in [7, 11) is 0. The molecule has 10 heteroatoms. The zero-order valence-electron chi connectivity index (χ0n) is 23.7. The van der Waals surface area contributed by atoms with Crippen LogP contribution in [-0.4, -0.2) is 44.0 Å². The minimum Gasteiger partial charge on any atom is -0.481 e. The Morgan fingerprint density at radius 1 is 0.884 bits per heavy atom. The van der Waals surface area contributed by atoms with Crippen molar-refractivity contribution in [1.29, 1.82) is 0 Å². The van der Waals surface area contributed by atoms with Crippen LogP contribution in [-0.2, 0) is 11.2 Å². The second kappa shape index (κ2) is 13.9. The summed E-state index contributed by atoms with van der Waals surface area (Å²) in [5.74, 6) is -2.53. The normalized spacial score (nSPS) is 12.7. The Morgan fingerprint density at radius 2 is 1.47 bits per heavy atom. The van der Waals surface area contributed by atoms with Crippen LogP contribution in [0.2, 0.25) is 5.02 Å². The monoisotopic (exact) mass is 610 g/mol. The van der Waals surface area contributed by atoms with Gasteiger partial charge in [-0.2, -0.15) is 0 Å². The summed E-state index contributed by atoms with van der Waals surface area (Å²) in [5.41, 5.74) is 3.65. The highest BCUT2D eigenvalue weighted by Gasteiger charge is 2.30. The third-order valence-corrected chi connectivity index (χ3v) is 7.29.